The summed E-state index contributed by atoms with van der Waals surface area (Å²) in [5.41, 5.74) is 0.662. The molecule has 3 rings (SSSR count). The van der Waals surface area contributed by atoms with Crippen molar-refractivity contribution >= 4 is 17.3 Å². The molecule has 158 valence electrons. The Kier molecular flexibility index (Phi) is 6.32. The molecule has 1 aliphatic rings. The summed E-state index contributed by atoms with van der Waals surface area (Å²) in [7, 11) is 1.53. The van der Waals surface area contributed by atoms with Crippen molar-refractivity contribution < 1.29 is 22.7 Å². The van der Waals surface area contributed by atoms with E-state index in [1.165, 1.54) is 19.2 Å². The number of aryl methyl sites for hydroxylation is 1. The van der Waals surface area contributed by atoms with Crippen LogP contribution in [-0.4, -0.2) is 32.7 Å². The van der Waals surface area contributed by atoms with Crippen molar-refractivity contribution in [1.29, 1.82) is 5.26 Å². The highest BCUT2D eigenvalue weighted by Crippen LogP contribution is 2.36. The van der Waals surface area contributed by atoms with Crippen LogP contribution >= 0.6 is 0 Å². The molecule has 8 heteroatoms. The second kappa shape index (κ2) is 8.76. The molecule has 1 N–H and O–H groups in total. The first kappa shape index (κ1) is 21.7. The molecule has 1 saturated heterocycles. The Balaban J connectivity index is 1.82. The van der Waals surface area contributed by atoms with Crippen LogP contribution in [0.1, 0.15) is 16.7 Å². The van der Waals surface area contributed by atoms with Gasteiger partial charge in [0.1, 0.15) is 0 Å². The number of rotatable bonds is 5. The first-order chi connectivity index (χ1) is 14.2. The molecule has 2 aromatic carbocycles. The van der Waals surface area contributed by atoms with E-state index < -0.39 is 23.2 Å². The Hall–Kier alpha value is -3.05. The summed E-state index contributed by atoms with van der Waals surface area (Å²) in [6.07, 6.45) is -4.63. The number of nitrogens with one attached hydrogen (secondary N) is 1. The molecule has 0 aromatic heterocycles. The summed E-state index contributed by atoms with van der Waals surface area (Å²) in [4.78, 5) is 14.6. The van der Waals surface area contributed by atoms with E-state index in [-0.39, 0.29) is 18.4 Å². The Morgan fingerprint density at radius 3 is 2.53 bits per heavy atom. The minimum Gasteiger partial charge on any atom is -0.384 e. The highest BCUT2D eigenvalue weighted by atomic mass is 19.4. The number of alkyl halides is 3. The number of nitriles is 1. The van der Waals surface area contributed by atoms with Gasteiger partial charge in [-0.05, 0) is 37.3 Å². The molecule has 1 aliphatic heterocycles. The highest BCUT2D eigenvalue weighted by Gasteiger charge is 2.39. The van der Waals surface area contributed by atoms with Crippen LogP contribution in [0, 0.1) is 30.1 Å². The molecule has 1 heterocycles. The second-order valence-corrected chi connectivity index (χ2v) is 7.42. The zero-order valence-corrected chi connectivity index (χ0v) is 16.7. The van der Waals surface area contributed by atoms with E-state index in [4.69, 9.17) is 10.00 Å². The number of hydrogen-bond acceptors (Lipinski definition) is 4. The molecule has 0 radical (unpaired) electrons. The average Bonchev–Trinajstić information content (AvgIpc) is 3.13. The van der Waals surface area contributed by atoms with Gasteiger partial charge in [-0.3, -0.25) is 4.79 Å². The van der Waals surface area contributed by atoms with Crippen LogP contribution in [0.15, 0.2) is 42.5 Å². The molecule has 5 nitrogen and oxygen atoms in total. The largest absolute Gasteiger partial charge is 0.417 e. The van der Waals surface area contributed by atoms with Crippen LogP contribution in [0.4, 0.5) is 24.5 Å². The number of carbonyl (C=O) groups excluding carboxylic acids is 1. The number of carbonyl (C=O) groups is 1. The van der Waals surface area contributed by atoms with E-state index in [9.17, 15) is 18.0 Å². The maximum Gasteiger partial charge on any atom is 0.417 e. The van der Waals surface area contributed by atoms with Gasteiger partial charge in [-0.1, -0.05) is 17.7 Å². The minimum absolute atomic E-state index is 0.176. The zero-order valence-electron chi connectivity index (χ0n) is 16.7. The van der Waals surface area contributed by atoms with Gasteiger partial charge in [-0.2, -0.15) is 18.4 Å². The van der Waals surface area contributed by atoms with Crippen molar-refractivity contribution in [3.8, 4) is 6.07 Å². The molecule has 1 amide bonds. The third-order valence-electron chi connectivity index (χ3n) is 5.27. The summed E-state index contributed by atoms with van der Waals surface area (Å²) in [6.45, 7) is 2.89. The Morgan fingerprint density at radius 1 is 1.23 bits per heavy atom. The molecule has 0 unspecified atom stereocenters. The van der Waals surface area contributed by atoms with E-state index >= 15 is 0 Å². The third kappa shape index (κ3) is 4.74. The quantitative estimate of drug-likeness (QED) is 0.791. The Bertz CT molecular complexity index is 952. The number of methoxy groups -OCH3 is 1. The van der Waals surface area contributed by atoms with Crippen molar-refractivity contribution in [3.63, 3.8) is 0 Å². The van der Waals surface area contributed by atoms with E-state index in [0.29, 0.717) is 24.5 Å². The lowest BCUT2D eigenvalue weighted by Crippen LogP contribution is -2.31. The predicted octanol–water partition coefficient (Wildman–Crippen LogP) is 4.22. The SMILES string of the molecule is COC[C@H]1CN(c2ccc(C#N)c(C(F)(F)F)c2)C[C@@H]1C(=O)Nc1ccc(C)cc1. The molecule has 2 atom stereocenters. The summed E-state index contributed by atoms with van der Waals surface area (Å²) < 4.78 is 45.2. The van der Waals surface area contributed by atoms with Crippen LogP contribution in [0.3, 0.4) is 0 Å². The lowest BCUT2D eigenvalue weighted by Gasteiger charge is -2.20. The molecule has 0 bridgehead atoms. The molecule has 0 spiro atoms. The smallest absolute Gasteiger partial charge is 0.384 e. The average molecular weight is 417 g/mol. The third-order valence-corrected chi connectivity index (χ3v) is 5.27. The van der Waals surface area contributed by atoms with Gasteiger partial charge >= 0.3 is 6.18 Å². The van der Waals surface area contributed by atoms with Crippen molar-refractivity contribution in [2.24, 2.45) is 11.8 Å². The van der Waals surface area contributed by atoms with E-state index in [2.05, 4.69) is 5.32 Å². The number of nitrogens with zero attached hydrogens (tertiary/aromatic N) is 2. The van der Waals surface area contributed by atoms with E-state index in [1.54, 1.807) is 11.0 Å². The lowest BCUT2D eigenvalue weighted by atomic mass is 9.96. The number of hydrogen-bond donors (Lipinski definition) is 1. The maximum absolute atomic E-state index is 13.3. The van der Waals surface area contributed by atoms with Crippen LogP contribution in [0.5, 0.6) is 0 Å². The predicted molar refractivity (Wildman–Crippen MR) is 107 cm³/mol. The number of benzene rings is 2. The fourth-order valence-electron chi connectivity index (χ4n) is 3.69. The van der Waals surface area contributed by atoms with Gasteiger partial charge in [-0.15, -0.1) is 0 Å². The first-order valence-corrected chi connectivity index (χ1v) is 9.45. The molecular weight excluding hydrogens is 395 g/mol. The van der Waals surface area contributed by atoms with Crippen molar-refractivity contribution in [2.75, 3.05) is 37.0 Å². The highest BCUT2D eigenvalue weighted by molar-refractivity contribution is 5.93. The normalized spacial score (nSPS) is 18.9. The van der Waals surface area contributed by atoms with Crippen molar-refractivity contribution in [2.45, 2.75) is 13.1 Å². The molecule has 30 heavy (non-hydrogen) atoms. The topological polar surface area (TPSA) is 65.4 Å². The summed E-state index contributed by atoms with van der Waals surface area (Å²) in [5.74, 6) is -0.824. The van der Waals surface area contributed by atoms with Gasteiger partial charge in [0.25, 0.3) is 0 Å². The van der Waals surface area contributed by atoms with Gasteiger partial charge in [0.05, 0.1) is 29.7 Å². The number of halogens is 3. The van der Waals surface area contributed by atoms with Crippen LogP contribution < -0.4 is 10.2 Å². The van der Waals surface area contributed by atoms with Crippen LogP contribution in [0.25, 0.3) is 0 Å². The molecule has 0 aliphatic carbocycles. The maximum atomic E-state index is 13.3. The molecule has 2 aromatic rings. The minimum atomic E-state index is -4.63. The van der Waals surface area contributed by atoms with Crippen LogP contribution in [0.2, 0.25) is 0 Å². The van der Waals surface area contributed by atoms with Gasteiger partial charge in [-0.25, -0.2) is 0 Å². The Labute approximate surface area is 173 Å². The lowest BCUT2D eigenvalue weighted by molar-refractivity contribution is -0.137. The van der Waals surface area contributed by atoms with Gasteiger partial charge in [0, 0.05) is 37.5 Å². The van der Waals surface area contributed by atoms with Crippen molar-refractivity contribution in [3.05, 3.63) is 59.2 Å². The Morgan fingerprint density at radius 2 is 1.93 bits per heavy atom. The van der Waals surface area contributed by atoms with Gasteiger partial charge in [0.15, 0.2) is 0 Å². The fourth-order valence-corrected chi connectivity index (χ4v) is 3.69. The molecule has 1 fully saturated rings. The number of anilines is 2. The monoisotopic (exact) mass is 417 g/mol. The molecule has 0 saturated carbocycles. The summed E-state index contributed by atoms with van der Waals surface area (Å²) in [6, 6.07) is 12.6. The zero-order chi connectivity index (χ0) is 21.9. The second-order valence-electron chi connectivity index (χ2n) is 7.42. The summed E-state index contributed by atoms with van der Waals surface area (Å²) in [5, 5.41) is 11.9. The van der Waals surface area contributed by atoms with Crippen molar-refractivity contribution in [1.82, 2.24) is 0 Å². The summed E-state index contributed by atoms with van der Waals surface area (Å²) >= 11 is 0. The first-order valence-electron chi connectivity index (χ1n) is 9.45. The van der Waals surface area contributed by atoms with E-state index in [1.807, 2.05) is 31.2 Å². The van der Waals surface area contributed by atoms with Gasteiger partial charge < -0.3 is 15.0 Å². The fraction of sp³-hybridized carbons (Fsp3) is 0.364. The molecular formula is C22H22F3N3O2. The van der Waals surface area contributed by atoms with Crippen LogP contribution in [-0.2, 0) is 15.7 Å². The van der Waals surface area contributed by atoms with Gasteiger partial charge in [0.2, 0.25) is 5.91 Å². The number of ether oxygens (including phenoxy) is 1. The van der Waals surface area contributed by atoms with E-state index in [0.717, 1.165) is 11.6 Å². The number of amides is 1. The standard InChI is InChI=1S/C22H22F3N3O2/c1-14-3-6-17(7-4-14)27-21(29)19-12-28(11-16(19)13-30-2)18-8-5-15(10-26)20(9-18)22(23,24)25/h3-9,16,19H,11-13H2,1-2H3,(H,27,29)/t16-,19+/m1/s1.